The Labute approximate surface area is 165 Å². The van der Waals surface area contributed by atoms with Crippen LogP contribution in [0.1, 0.15) is 6.92 Å². The highest BCUT2D eigenvalue weighted by Gasteiger charge is 2.46. The van der Waals surface area contributed by atoms with E-state index in [-0.39, 0.29) is 22.5 Å². The van der Waals surface area contributed by atoms with Crippen LogP contribution in [0.15, 0.2) is 65.8 Å². The van der Waals surface area contributed by atoms with Crippen LogP contribution in [0.5, 0.6) is 0 Å². The topological polar surface area (TPSA) is 21.7 Å². The molecule has 1 aliphatic heterocycles. The lowest BCUT2D eigenvalue weighted by atomic mass is 10.1. The Morgan fingerprint density at radius 1 is 1.12 bits per heavy atom. The molecule has 0 radical (unpaired) electrons. The Kier molecular flexibility index (Phi) is 5.18. The molecule has 24 heavy (non-hydrogen) atoms. The lowest BCUT2D eigenvalue weighted by Crippen LogP contribution is -3.00. The summed E-state index contributed by atoms with van der Waals surface area (Å²) in [5.74, 6) is 2.02. The maximum absolute atomic E-state index is 4.99. The van der Waals surface area contributed by atoms with Gasteiger partial charge in [-0.2, -0.15) is 4.57 Å². The highest BCUT2D eigenvalue weighted by Crippen LogP contribution is 2.38. The van der Waals surface area contributed by atoms with Crippen molar-refractivity contribution in [2.75, 3.05) is 11.1 Å². The zero-order chi connectivity index (χ0) is 15.9. The van der Waals surface area contributed by atoms with E-state index in [0.29, 0.717) is 0 Å². The summed E-state index contributed by atoms with van der Waals surface area (Å²) in [5.41, 5.74) is 2.29. The number of benzene rings is 2. The lowest BCUT2D eigenvalue weighted by Gasteiger charge is -2.14. The van der Waals surface area contributed by atoms with Gasteiger partial charge in [-0.1, -0.05) is 57.0 Å². The summed E-state index contributed by atoms with van der Waals surface area (Å²) in [4.78, 5) is 0. The molecule has 4 rings (SSSR count). The van der Waals surface area contributed by atoms with Gasteiger partial charge in [0.05, 0.1) is 5.56 Å². The first-order chi connectivity index (χ1) is 11.2. The minimum Gasteiger partial charge on any atom is -1.00 e. The van der Waals surface area contributed by atoms with Gasteiger partial charge >= 0.3 is 11.0 Å². The third kappa shape index (κ3) is 2.85. The second kappa shape index (κ2) is 7.02. The van der Waals surface area contributed by atoms with Crippen LogP contribution in [0.4, 0.5) is 0 Å². The zero-order valence-corrected chi connectivity index (χ0v) is 17.2. The normalized spacial score (nSPS) is 18.9. The Balaban J connectivity index is 0.00000169. The van der Waals surface area contributed by atoms with Gasteiger partial charge in [0.1, 0.15) is 11.2 Å². The van der Waals surface area contributed by atoms with Crippen LogP contribution in [-0.4, -0.2) is 20.9 Å². The van der Waals surface area contributed by atoms with Crippen molar-refractivity contribution in [1.29, 1.82) is 0 Å². The number of nitrogens with zero attached hydrogens (tertiary/aromatic N) is 3. The van der Waals surface area contributed by atoms with Crippen molar-refractivity contribution in [2.45, 2.75) is 17.6 Å². The minimum absolute atomic E-state index is 0. The molecule has 6 heteroatoms. The number of rotatable bonds is 3. The molecule has 2 aromatic carbocycles. The molecule has 124 valence electrons. The Bertz CT molecular complexity index is 836. The maximum atomic E-state index is 4.99. The van der Waals surface area contributed by atoms with Gasteiger partial charge in [0, 0.05) is 16.2 Å². The molecular weight excluding hydrogens is 450 g/mol. The highest BCUT2D eigenvalue weighted by atomic mass is 79.9. The number of hydrogen-bond donors (Lipinski definition) is 0. The molecule has 0 bridgehead atoms. The van der Waals surface area contributed by atoms with Gasteiger partial charge in [0.2, 0.25) is 0 Å². The number of thioether (sulfide) groups is 1. The maximum Gasteiger partial charge on any atom is 0.314 e. The van der Waals surface area contributed by atoms with Crippen LogP contribution < -0.4 is 21.5 Å². The standard InChI is InChI=1S/C18H17BrN3S.BrH/c1-18(12-19)13-23-17-21(15-10-6-3-7-11-15)16(20-22(17)18)14-8-4-2-5-9-14;/h2-11H,12-13H2,1H3;1H/q+1;/p-1. The lowest BCUT2D eigenvalue weighted by molar-refractivity contribution is -0.626. The number of fused-ring (bicyclic) bond motifs is 1. The number of alkyl halides is 1. The third-order valence-electron chi connectivity index (χ3n) is 4.14. The number of para-hydroxylation sites is 1. The van der Waals surface area contributed by atoms with Gasteiger partial charge in [-0.3, -0.25) is 0 Å². The van der Waals surface area contributed by atoms with E-state index in [2.05, 4.69) is 80.6 Å². The quantitative estimate of drug-likeness (QED) is 0.425. The second-order valence-electron chi connectivity index (χ2n) is 5.97. The van der Waals surface area contributed by atoms with E-state index in [1.807, 2.05) is 23.9 Å². The van der Waals surface area contributed by atoms with Crippen molar-refractivity contribution in [2.24, 2.45) is 0 Å². The monoisotopic (exact) mass is 465 g/mol. The number of halogens is 2. The van der Waals surface area contributed by atoms with Gasteiger partial charge in [-0.05, 0) is 43.0 Å². The summed E-state index contributed by atoms with van der Waals surface area (Å²) < 4.78 is 4.45. The Morgan fingerprint density at radius 3 is 2.38 bits per heavy atom. The van der Waals surface area contributed by atoms with Crippen LogP contribution in [0.2, 0.25) is 0 Å². The van der Waals surface area contributed by atoms with Crippen molar-refractivity contribution >= 4 is 27.7 Å². The number of aromatic nitrogens is 3. The number of hydrogen-bond acceptors (Lipinski definition) is 2. The first-order valence-electron chi connectivity index (χ1n) is 7.58. The summed E-state index contributed by atoms with van der Waals surface area (Å²) in [6.07, 6.45) is 0. The summed E-state index contributed by atoms with van der Waals surface area (Å²) in [5, 5.41) is 7.08. The Morgan fingerprint density at radius 2 is 1.75 bits per heavy atom. The highest BCUT2D eigenvalue weighted by molar-refractivity contribution is 9.09. The molecule has 1 aliphatic rings. The minimum atomic E-state index is 0. The van der Waals surface area contributed by atoms with Crippen molar-refractivity contribution < 1.29 is 21.5 Å². The molecular formula is C18H17Br2N3S. The molecule has 1 unspecified atom stereocenters. The molecule has 3 nitrogen and oxygen atoms in total. The fourth-order valence-electron chi connectivity index (χ4n) is 2.81. The predicted molar refractivity (Wildman–Crippen MR) is 97.4 cm³/mol. The fraction of sp³-hybridized carbons (Fsp3) is 0.222. The van der Waals surface area contributed by atoms with Gasteiger partial charge < -0.3 is 17.0 Å². The summed E-state index contributed by atoms with van der Waals surface area (Å²) in [6, 6.07) is 20.9. The molecule has 0 saturated carbocycles. The molecule has 3 aromatic rings. The van der Waals surface area contributed by atoms with E-state index in [9.17, 15) is 0 Å². The van der Waals surface area contributed by atoms with Crippen LogP contribution in [0.25, 0.3) is 17.1 Å². The van der Waals surface area contributed by atoms with Crippen molar-refractivity contribution in [3.63, 3.8) is 0 Å². The van der Waals surface area contributed by atoms with Gasteiger partial charge in [0.15, 0.2) is 0 Å². The molecule has 1 aromatic heterocycles. The molecule has 1 atom stereocenters. The Hall–Kier alpha value is -1.11. The van der Waals surface area contributed by atoms with Crippen LogP contribution in [-0.2, 0) is 5.54 Å². The SMILES string of the molecule is CC1(CBr)CSc2n1nc(-c1ccccc1)[n+]2-c1ccccc1.[Br-]. The molecule has 0 spiro atoms. The third-order valence-corrected chi connectivity index (χ3v) is 6.72. The average Bonchev–Trinajstić information content (AvgIpc) is 3.15. The molecule has 2 heterocycles. The largest absolute Gasteiger partial charge is 1.00 e. The molecule has 0 amide bonds. The van der Waals surface area contributed by atoms with E-state index in [1.165, 1.54) is 5.16 Å². The van der Waals surface area contributed by atoms with Gasteiger partial charge in [-0.25, -0.2) is 0 Å². The molecule has 0 fully saturated rings. The van der Waals surface area contributed by atoms with E-state index in [1.54, 1.807) is 0 Å². The van der Waals surface area contributed by atoms with Gasteiger partial charge in [-0.15, -0.1) is 0 Å². The summed E-state index contributed by atoms with van der Waals surface area (Å²) in [7, 11) is 0. The first-order valence-corrected chi connectivity index (χ1v) is 9.69. The van der Waals surface area contributed by atoms with Crippen LogP contribution in [0.3, 0.4) is 0 Å². The average molecular weight is 467 g/mol. The summed E-state index contributed by atoms with van der Waals surface area (Å²) in [6.45, 7) is 2.25. The smallest absolute Gasteiger partial charge is 0.314 e. The van der Waals surface area contributed by atoms with Crippen molar-refractivity contribution in [3.05, 3.63) is 60.7 Å². The van der Waals surface area contributed by atoms with E-state index in [4.69, 9.17) is 5.10 Å². The second-order valence-corrected chi connectivity index (χ2v) is 7.48. The molecule has 0 aliphatic carbocycles. The van der Waals surface area contributed by atoms with E-state index < -0.39 is 0 Å². The van der Waals surface area contributed by atoms with Crippen LogP contribution >= 0.6 is 27.7 Å². The predicted octanol–water partition coefficient (Wildman–Crippen LogP) is 1.05. The van der Waals surface area contributed by atoms with Gasteiger partial charge in [0.25, 0.3) is 0 Å². The van der Waals surface area contributed by atoms with Crippen molar-refractivity contribution in [3.8, 4) is 17.1 Å². The fourth-order valence-corrected chi connectivity index (χ4v) is 4.87. The van der Waals surface area contributed by atoms with Crippen LogP contribution in [0, 0.1) is 0 Å². The summed E-state index contributed by atoms with van der Waals surface area (Å²) >= 11 is 5.53. The first kappa shape index (κ1) is 17.7. The molecule has 0 N–H and O–H groups in total. The van der Waals surface area contributed by atoms with E-state index in [0.717, 1.165) is 28.2 Å². The van der Waals surface area contributed by atoms with E-state index >= 15 is 0 Å². The zero-order valence-electron chi connectivity index (χ0n) is 13.2. The van der Waals surface area contributed by atoms with Crippen molar-refractivity contribution in [1.82, 2.24) is 9.78 Å². The molecule has 0 saturated heterocycles.